The molecule has 2 unspecified atom stereocenters. The Kier molecular flexibility index (Phi) is 4.59. The van der Waals surface area contributed by atoms with E-state index in [1.807, 2.05) is 0 Å². The van der Waals surface area contributed by atoms with Gasteiger partial charge < -0.3 is 10.0 Å². The Morgan fingerprint density at radius 3 is 2.50 bits per heavy atom. The molecule has 0 aromatic heterocycles. The molecule has 1 aliphatic heterocycles. The minimum atomic E-state index is -4.43. The molecule has 0 aromatic rings. The van der Waals surface area contributed by atoms with Gasteiger partial charge in [-0.3, -0.25) is 4.79 Å². The minimum Gasteiger partial charge on any atom is -0.480 e. The van der Waals surface area contributed by atoms with E-state index in [2.05, 4.69) is 0 Å². The van der Waals surface area contributed by atoms with E-state index < -0.39 is 36.4 Å². The highest BCUT2D eigenvalue weighted by Crippen LogP contribution is 2.29. The third kappa shape index (κ3) is 3.61. The molecule has 1 saturated heterocycles. The van der Waals surface area contributed by atoms with Crippen LogP contribution in [-0.2, 0) is 9.59 Å². The third-order valence-electron chi connectivity index (χ3n) is 3.15. The van der Waals surface area contributed by atoms with Crippen LogP contribution in [0.4, 0.5) is 13.2 Å². The first kappa shape index (κ1) is 14.8. The van der Waals surface area contributed by atoms with Crippen LogP contribution in [0, 0.1) is 5.92 Å². The van der Waals surface area contributed by atoms with Crippen LogP contribution in [-0.4, -0.2) is 40.6 Å². The fraction of sp³-hybridized carbons (Fsp3) is 0.818. The van der Waals surface area contributed by atoms with Crippen molar-refractivity contribution in [2.75, 3.05) is 6.54 Å². The molecule has 0 spiro atoms. The molecule has 1 rings (SSSR count). The normalized spacial score (nSPS) is 22.7. The zero-order valence-electron chi connectivity index (χ0n) is 10.0. The maximum Gasteiger partial charge on any atom is 0.392 e. The van der Waals surface area contributed by atoms with E-state index >= 15 is 0 Å². The lowest BCUT2D eigenvalue weighted by molar-refractivity contribution is -0.178. The Balaban J connectivity index is 2.67. The fourth-order valence-electron chi connectivity index (χ4n) is 1.98. The average molecular weight is 267 g/mol. The highest BCUT2D eigenvalue weighted by Gasteiger charge is 2.40. The molecule has 1 heterocycles. The van der Waals surface area contributed by atoms with Crippen molar-refractivity contribution in [2.45, 2.75) is 44.8 Å². The molecule has 0 aromatic carbocycles. The van der Waals surface area contributed by atoms with Crippen LogP contribution < -0.4 is 0 Å². The monoisotopic (exact) mass is 267 g/mol. The zero-order valence-corrected chi connectivity index (χ0v) is 10.0. The molecule has 2 atom stereocenters. The number of nitrogens with zero attached hydrogens (tertiary/aromatic N) is 1. The van der Waals surface area contributed by atoms with Crippen molar-refractivity contribution in [3.05, 3.63) is 0 Å². The van der Waals surface area contributed by atoms with Gasteiger partial charge >= 0.3 is 12.1 Å². The van der Waals surface area contributed by atoms with Gasteiger partial charge in [0.1, 0.15) is 6.04 Å². The second kappa shape index (κ2) is 5.58. The number of halogens is 3. The molecule has 1 fully saturated rings. The van der Waals surface area contributed by atoms with Crippen LogP contribution >= 0.6 is 0 Å². The van der Waals surface area contributed by atoms with Gasteiger partial charge in [-0.15, -0.1) is 0 Å². The first-order chi connectivity index (χ1) is 8.23. The molecule has 7 heteroatoms. The van der Waals surface area contributed by atoms with Crippen molar-refractivity contribution >= 4 is 11.9 Å². The molecule has 0 bridgehead atoms. The first-order valence-electron chi connectivity index (χ1n) is 5.82. The largest absolute Gasteiger partial charge is 0.480 e. The molecule has 1 amide bonds. The Hall–Kier alpha value is -1.27. The molecule has 4 nitrogen and oxygen atoms in total. The second-order valence-electron chi connectivity index (χ2n) is 4.58. The summed E-state index contributed by atoms with van der Waals surface area (Å²) in [7, 11) is 0. The molecule has 0 saturated carbocycles. The Morgan fingerprint density at radius 2 is 2.00 bits per heavy atom. The summed E-state index contributed by atoms with van der Waals surface area (Å²) in [6.07, 6.45) is -3.50. The van der Waals surface area contributed by atoms with E-state index in [9.17, 15) is 22.8 Å². The van der Waals surface area contributed by atoms with Crippen LogP contribution in [0.3, 0.4) is 0 Å². The summed E-state index contributed by atoms with van der Waals surface area (Å²) in [5.74, 6) is -3.63. The van der Waals surface area contributed by atoms with Crippen LogP contribution in [0.5, 0.6) is 0 Å². The van der Waals surface area contributed by atoms with E-state index in [0.29, 0.717) is 19.3 Å². The average Bonchev–Trinajstić information content (AvgIpc) is 2.27. The maximum absolute atomic E-state index is 12.3. The third-order valence-corrected chi connectivity index (χ3v) is 3.15. The van der Waals surface area contributed by atoms with Gasteiger partial charge in [-0.05, 0) is 19.3 Å². The number of piperidine rings is 1. The fourth-order valence-corrected chi connectivity index (χ4v) is 1.98. The summed E-state index contributed by atoms with van der Waals surface area (Å²) in [5, 5.41) is 8.94. The van der Waals surface area contributed by atoms with Gasteiger partial charge in [0.15, 0.2) is 0 Å². The SMILES string of the molecule is CC(CC(=O)N1CCCCC1C(=O)O)C(F)(F)F. The number of carboxylic acids is 1. The molecular weight excluding hydrogens is 251 g/mol. The lowest BCUT2D eigenvalue weighted by atomic mass is 9.99. The van der Waals surface area contributed by atoms with Crippen LogP contribution in [0.1, 0.15) is 32.6 Å². The van der Waals surface area contributed by atoms with Gasteiger partial charge in [0.2, 0.25) is 5.91 Å². The quantitative estimate of drug-likeness (QED) is 0.851. The van der Waals surface area contributed by atoms with Crippen molar-refractivity contribution in [2.24, 2.45) is 5.92 Å². The van der Waals surface area contributed by atoms with Gasteiger partial charge in [0.05, 0.1) is 5.92 Å². The maximum atomic E-state index is 12.3. The topological polar surface area (TPSA) is 57.6 Å². The van der Waals surface area contributed by atoms with E-state index in [0.717, 1.165) is 11.8 Å². The van der Waals surface area contributed by atoms with Gasteiger partial charge in [-0.25, -0.2) is 4.79 Å². The number of carbonyl (C=O) groups is 2. The number of likely N-dealkylation sites (tertiary alicyclic amines) is 1. The molecule has 0 radical (unpaired) electrons. The number of carbonyl (C=O) groups excluding carboxylic acids is 1. The first-order valence-corrected chi connectivity index (χ1v) is 5.82. The summed E-state index contributed by atoms with van der Waals surface area (Å²) < 4.78 is 37.0. The van der Waals surface area contributed by atoms with Crippen molar-refractivity contribution in [1.29, 1.82) is 0 Å². The predicted octanol–water partition coefficient (Wildman–Crippen LogP) is 2.04. The molecule has 104 valence electrons. The second-order valence-corrected chi connectivity index (χ2v) is 4.58. The van der Waals surface area contributed by atoms with E-state index in [4.69, 9.17) is 5.11 Å². The minimum absolute atomic E-state index is 0.223. The van der Waals surface area contributed by atoms with E-state index in [1.54, 1.807) is 0 Å². The van der Waals surface area contributed by atoms with E-state index in [1.165, 1.54) is 0 Å². The number of hydrogen-bond donors (Lipinski definition) is 1. The van der Waals surface area contributed by atoms with Crippen molar-refractivity contribution in [3.63, 3.8) is 0 Å². The van der Waals surface area contributed by atoms with Gasteiger partial charge in [-0.1, -0.05) is 6.92 Å². The molecular formula is C11H16F3NO3. The highest BCUT2D eigenvalue weighted by molar-refractivity contribution is 5.84. The summed E-state index contributed by atoms with van der Waals surface area (Å²) in [6, 6.07) is -0.980. The smallest absolute Gasteiger partial charge is 0.392 e. The zero-order chi connectivity index (χ0) is 13.9. The van der Waals surface area contributed by atoms with Crippen molar-refractivity contribution in [3.8, 4) is 0 Å². The van der Waals surface area contributed by atoms with Crippen LogP contribution in [0.25, 0.3) is 0 Å². The highest BCUT2D eigenvalue weighted by atomic mass is 19.4. The van der Waals surface area contributed by atoms with Crippen LogP contribution in [0.2, 0.25) is 0 Å². The van der Waals surface area contributed by atoms with E-state index in [-0.39, 0.29) is 6.54 Å². The van der Waals surface area contributed by atoms with Gasteiger partial charge in [0.25, 0.3) is 0 Å². The number of carboxylic acid groups (broad SMARTS) is 1. The number of amides is 1. The molecule has 1 N–H and O–H groups in total. The van der Waals surface area contributed by atoms with Gasteiger partial charge in [0, 0.05) is 13.0 Å². The molecule has 1 aliphatic rings. The predicted molar refractivity (Wildman–Crippen MR) is 56.8 cm³/mol. The lowest BCUT2D eigenvalue weighted by Gasteiger charge is -2.33. The Morgan fingerprint density at radius 1 is 1.39 bits per heavy atom. The van der Waals surface area contributed by atoms with Gasteiger partial charge in [-0.2, -0.15) is 13.2 Å². The summed E-state index contributed by atoms with van der Waals surface area (Å²) >= 11 is 0. The summed E-state index contributed by atoms with van der Waals surface area (Å²) in [6.45, 7) is 1.15. The van der Waals surface area contributed by atoms with Crippen molar-refractivity contribution in [1.82, 2.24) is 4.90 Å². The number of rotatable bonds is 3. The number of alkyl halides is 3. The Bertz CT molecular complexity index is 330. The number of aliphatic carboxylic acids is 1. The van der Waals surface area contributed by atoms with Crippen molar-refractivity contribution < 1.29 is 27.9 Å². The van der Waals surface area contributed by atoms with Crippen LogP contribution in [0.15, 0.2) is 0 Å². The molecule has 18 heavy (non-hydrogen) atoms. The Labute approximate surface area is 103 Å². The summed E-state index contributed by atoms with van der Waals surface area (Å²) in [4.78, 5) is 23.7. The number of hydrogen-bond acceptors (Lipinski definition) is 2. The standard InChI is InChI=1S/C11H16F3NO3/c1-7(11(12,13)14)6-9(16)15-5-3-2-4-8(15)10(17)18/h7-8H,2-6H2,1H3,(H,17,18). The summed E-state index contributed by atoms with van der Waals surface area (Å²) in [5.41, 5.74) is 0. The lowest BCUT2D eigenvalue weighted by Crippen LogP contribution is -2.48. The molecule has 0 aliphatic carbocycles.